The van der Waals surface area contributed by atoms with E-state index >= 15 is 0 Å². The van der Waals surface area contributed by atoms with Crippen molar-refractivity contribution >= 4 is 23.5 Å². The van der Waals surface area contributed by atoms with Crippen LogP contribution in [0.5, 0.6) is 0 Å². The quantitative estimate of drug-likeness (QED) is 0.693. The molecule has 1 heterocycles. The maximum absolute atomic E-state index is 10.5. The van der Waals surface area contributed by atoms with Gasteiger partial charge < -0.3 is 5.11 Å². The molecule has 1 saturated heterocycles. The largest absolute Gasteiger partial charge is 0.378 e. The third-order valence-electron chi connectivity index (χ3n) is 3.14. The van der Waals surface area contributed by atoms with Crippen LogP contribution in [-0.2, 0) is 0 Å². The van der Waals surface area contributed by atoms with E-state index in [0.717, 1.165) is 12.2 Å². The molecule has 0 bridgehead atoms. The van der Waals surface area contributed by atoms with Gasteiger partial charge in [-0.2, -0.15) is 11.8 Å². The number of thioether (sulfide) groups is 2. The minimum absolute atomic E-state index is 0.391. The molecule has 0 amide bonds. The molecule has 0 aromatic rings. The van der Waals surface area contributed by atoms with Crippen LogP contribution < -0.4 is 0 Å². The van der Waals surface area contributed by atoms with Gasteiger partial charge in [-0.3, -0.25) is 0 Å². The summed E-state index contributed by atoms with van der Waals surface area (Å²) in [5, 5.41) is 11.0. The standard InChI is InChI=1S/C11H20OS2/c1-10(2)7-13-9-5-3-4-6-11(9,12)14-8-10/h9,12H,3-8H2,1-2H3. The summed E-state index contributed by atoms with van der Waals surface area (Å²) in [7, 11) is 0. The first-order valence-corrected chi connectivity index (χ1v) is 7.53. The predicted octanol–water partition coefficient (Wildman–Crippen LogP) is 3.12. The molecule has 2 fully saturated rings. The van der Waals surface area contributed by atoms with Gasteiger partial charge in [0.05, 0.1) is 0 Å². The van der Waals surface area contributed by atoms with E-state index in [-0.39, 0.29) is 0 Å². The zero-order valence-corrected chi connectivity index (χ0v) is 10.7. The second-order valence-electron chi connectivity index (χ2n) is 5.34. The molecule has 1 nitrogen and oxygen atoms in total. The van der Waals surface area contributed by atoms with Crippen molar-refractivity contribution < 1.29 is 5.11 Å². The number of hydrogen-bond acceptors (Lipinski definition) is 3. The topological polar surface area (TPSA) is 20.2 Å². The average molecular weight is 232 g/mol. The van der Waals surface area contributed by atoms with Crippen LogP contribution in [0.25, 0.3) is 0 Å². The number of hydrogen-bond donors (Lipinski definition) is 1. The molecular formula is C11H20OS2. The van der Waals surface area contributed by atoms with Crippen molar-refractivity contribution in [3.8, 4) is 0 Å². The molecule has 0 aromatic carbocycles. The van der Waals surface area contributed by atoms with Gasteiger partial charge in [-0.25, -0.2) is 0 Å². The van der Waals surface area contributed by atoms with E-state index in [1.165, 1.54) is 25.0 Å². The van der Waals surface area contributed by atoms with Crippen molar-refractivity contribution in [3.05, 3.63) is 0 Å². The van der Waals surface area contributed by atoms with Crippen molar-refractivity contribution in [2.45, 2.75) is 49.7 Å². The van der Waals surface area contributed by atoms with Crippen LogP contribution >= 0.6 is 23.5 Å². The molecule has 1 aliphatic carbocycles. The number of aliphatic hydroxyl groups is 1. The molecule has 2 atom stereocenters. The van der Waals surface area contributed by atoms with Crippen LogP contribution in [0.3, 0.4) is 0 Å². The average Bonchev–Trinajstić information content (AvgIpc) is 2.25. The summed E-state index contributed by atoms with van der Waals surface area (Å²) in [6.07, 6.45) is 4.73. The molecule has 1 saturated carbocycles. The lowest BCUT2D eigenvalue weighted by molar-refractivity contribution is 0.102. The van der Waals surface area contributed by atoms with Gasteiger partial charge in [0.2, 0.25) is 0 Å². The molecule has 82 valence electrons. The Kier molecular flexibility index (Phi) is 3.12. The first-order valence-electron chi connectivity index (χ1n) is 5.50. The second kappa shape index (κ2) is 3.91. The molecule has 1 aliphatic heterocycles. The highest BCUT2D eigenvalue weighted by atomic mass is 32.2. The van der Waals surface area contributed by atoms with Gasteiger partial charge in [-0.15, -0.1) is 11.8 Å². The summed E-state index contributed by atoms with van der Waals surface area (Å²) in [6.45, 7) is 4.63. The van der Waals surface area contributed by atoms with Gasteiger partial charge in [0.25, 0.3) is 0 Å². The molecule has 0 radical (unpaired) electrons. The Labute approximate surface area is 95.4 Å². The van der Waals surface area contributed by atoms with E-state index in [2.05, 4.69) is 13.8 Å². The summed E-state index contributed by atoms with van der Waals surface area (Å²) in [4.78, 5) is -0.406. The third-order valence-corrected chi connectivity index (χ3v) is 7.18. The molecule has 2 unspecified atom stereocenters. The summed E-state index contributed by atoms with van der Waals surface area (Å²) in [5.74, 6) is 2.31. The van der Waals surface area contributed by atoms with Crippen molar-refractivity contribution in [1.82, 2.24) is 0 Å². The Morgan fingerprint density at radius 3 is 2.79 bits per heavy atom. The van der Waals surface area contributed by atoms with Crippen LogP contribution in [0, 0.1) is 5.41 Å². The Bertz CT molecular complexity index is 217. The normalized spacial score (nSPS) is 42.6. The lowest BCUT2D eigenvalue weighted by Gasteiger charge is -2.37. The molecule has 0 aromatic heterocycles. The lowest BCUT2D eigenvalue weighted by Crippen LogP contribution is -2.39. The van der Waals surface area contributed by atoms with E-state index in [1.54, 1.807) is 0 Å². The Morgan fingerprint density at radius 2 is 2.00 bits per heavy atom. The Hall–Kier alpha value is 0.660. The maximum atomic E-state index is 10.5. The fourth-order valence-electron chi connectivity index (χ4n) is 2.16. The highest BCUT2D eigenvalue weighted by Gasteiger charge is 2.43. The monoisotopic (exact) mass is 232 g/mol. The van der Waals surface area contributed by atoms with E-state index in [4.69, 9.17) is 0 Å². The smallest absolute Gasteiger partial charge is 0.122 e. The highest BCUT2D eigenvalue weighted by Crippen LogP contribution is 2.49. The first-order chi connectivity index (χ1) is 6.52. The molecule has 2 aliphatic rings. The minimum Gasteiger partial charge on any atom is -0.378 e. The summed E-state index contributed by atoms with van der Waals surface area (Å²) in [6, 6.07) is 0. The second-order valence-corrected chi connectivity index (χ2v) is 7.82. The van der Waals surface area contributed by atoms with Crippen molar-refractivity contribution in [3.63, 3.8) is 0 Å². The number of fused-ring (bicyclic) bond motifs is 1. The van der Waals surface area contributed by atoms with Crippen molar-refractivity contribution in [1.29, 1.82) is 0 Å². The number of rotatable bonds is 0. The van der Waals surface area contributed by atoms with Gasteiger partial charge >= 0.3 is 0 Å². The van der Waals surface area contributed by atoms with Gasteiger partial charge in [-0.1, -0.05) is 20.3 Å². The molecule has 2 rings (SSSR count). The van der Waals surface area contributed by atoms with Crippen LogP contribution in [-0.4, -0.2) is 26.8 Å². The van der Waals surface area contributed by atoms with Gasteiger partial charge in [-0.05, 0) is 30.4 Å². The lowest BCUT2D eigenvalue weighted by atomic mass is 9.96. The fraction of sp³-hybridized carbons (Fsp3) is 1.00. The van der Waals surface area contributed by atoms with E-state index in [1.807, 2.05) is 23.5 Å². The van der Waals surface area contributed by atoms with Crippen LogP contribution in [0.1, 0.15) is 39.5 Å². The molecule has 3 heteroatoms. The molecule has 0 spiro atoms. The van der Waals surface area contributed by atoms with Crippen LogP contribution in [0.15, 0.2) is 0 Å². The Balaban J connectivity index is 2.11. The first kappa shape index (κ1) is 11.2. The van der Waals surface area contributed by atoms with Crippen LogP contribution in [0.2, 0.25) is 0 Å². The minimum atomic E-state index is -0.406. The third kappa shape index (κ3) is 2.25. The molecule has 1 N–H and O–H groups in total. The Morgan fingerprint density at radius 1 is 1.21 bits per heavy atom. The maximum Gasteiger partial charge on any atom is 0.122 e. The van der Waals surface area contributed by atoms with Crippen LogP contribution in [0.4, 0.5) is 0 Å². The summed E-state index contributed by atoms with van der Waals surface area (Å²) in [5.41, 5.74) is 0.391. The predicted molar refractivity (Wildman–Crippen MR) is 65.9 cm³/mol. The summed E-state index contributed by atoms with van der Waals surface area (Å²) >= 11 is 3.81. The van der Waals surface area contributed by atoms with Crippen molar-refractivity contribution in [2.24, 2.45) is 5.41 Å². The fourth-order valence-corrected chi connectivity index (χ4v) is 5.50. The zero-order valence-electron chi connectivity index (χ0n) is 9.08. The molecular weight excluding hydrogens is 212 g/mol. The zero-order chi connectivity index (χ0) is 10.2. The van der Waals surface area contributed by atoms with E-state index in [0.29, 0.717) is 10.7 Å². The van der Waals surface area contributed by atoms with Gasteiger partial charge in [0, 0.05) is 11.0 Å². The summed E-state index contributed by atoms with van der Waals surface area (Å²) < 4.78 is 0. The highest BCUT2D eigenvalue weighted by molar-refractivity contribution is 8.04. The van der Waals surface area contributed by atoms with Crippen molar-refractivity contribution in [2.75, 3.05) is 11.5 Å². The van der Waals surface area contributed by atoms with Gasteiger partial charge in [0.1, 0.15) is 4.93 Å². The van der Waals surface area contributed by atoms with E-state index < -0.39 is 4.93 Å². The molecule has 14 heavy (non-hydrogen) atoms. The van der Waals surface area contributed by atoms with Gasteiger partial charge in [0.15, 0.2) is 0 Å². The SMILES string of the molecule is CC1(C)CSC2CCCCC2(O)SC1. The van der Waals surface area contributed by atoms with E-state index in [9.17, 15) is 5.11 Å².